The number of carbonyl (C=O) groups is 1. The molecule has 0 saturated carbocycles. The van der Waals surface area contributed by atoms with Crippen LogP contribution in [0.4, 0.5) is 5.69 Å². The summed E-state index contributed by atoms with van der Waals surface area (Å²) < 4.78 is 16.5. The van der Waals surface area contributed by atoms with Gasteiger partial charge in [0.15, 0.2) is 11.5 Å². The van der Waals surface area contributed by atoms with Gasteiger partial charge in [0.05, 0.1) is 20.8 Å². The molecule has 1 aliphatic rings. The average molecular weight is 384 g/mol. The standard InChI is InChI=1S/C22H28N2O4/c1-16-5-10-20(21(13-16)27-4)28-12-11-23-15-22(25)24(14-17(23)2)18-6-8-19(26-3)9-7-18/h5-10,13,17H,11-12,14-15H2,1-4H3. The van der Waals surface area contributed by atoms with E-state index in [0.29, 0.717) is 26.2 Å². The van der Waals surface area contributed by atoms with Gasteiger partial charge >= 0.3 is 0 Å². The Morgan fingerprint density at radius 1 is 1.04 bits per heavy atom. The van der Waals surface area contributed by atoms with Crippen LogP contribution >= 0.6 is 0 Å². The Morgan fingerprint density at radius 3 is 2.46 bits per heavy atom. The van der Waals surface area contributed by atoms with Crippen LogP contribution in [0.15, 0.2) is 42.5 Å². The number of benzene rings is 2. The van der Waals surface area contributed by atoms with Crippen molar-refractivity contribution in [2.24, 2.45) is 0 Å². The van der Waals surface area contributed by atoms with Gasteiger partial charge in [0, 0.05) is 24.8 Å². The summed E-state index contributed by atoms with van der Waals surface area (Å²) in [6.45, 7) is 6.36. The Kier molecular flexibility index (Phi) is 6.41. The van der Waals surface area contributed by atoms with Gasteiger partial charge in [0.2, 0.25) is 5.91 Å². The predicted octanol–water partition coefficient (Wildman–Crippen LogP) is 3.13. The van der Waals surface area contributed by atoms with E-state index >= 15 is 0 Å². The lowest BCUT2D eigenvalue weighted by Crippen LogP contribution is -2.56. The Labute approximate surface area is 166 Å². The highest BCUT2D eigenvalue weighted by atomic mass is 16.5. The normalized spacial score (nSPS) is 17.5. The lowest BCUT2D eigenvalue weighted by Gasteiger charge is -2.39. The number of rotatable bonds is 7. The van der Waals surface area contributed by atoms with Crippen molar-refractivity contribution < 1.29 is 19.0 Å². The lowest BCUT2D eigenvalue weighted by molar-refractivity contribution is -0.122. The van der Waals surface area contributed by atoms with E-state index in [2.05, 4.69) is 11.8 Å². The molecule has 1 amide bonds. The molecule has 0 aliphatic carbocycles. The lowest BCUT2D eigenvalue weighted by atomic mass is 10.1. The molecule has 1 atom stereocenters. The number of aryl methyl sites for hydroxylation is 1. The van der Waals surface area contributed by atoms with Crippen molar-refractivity contribution in [1.82, 2.24) is 4.90 Å². The molecule has 0 spiro atoms. The number of hydrogen-bond donors (Lipinski definition) is 0. The summed E-state index contributed by atoms with van der Waals surface area (Å²) in [4.78, 5) is 16.7. The first-order valence-electron chi connectivity index (χ1n) is 9.47. The van der Waals surface area contributed by atoms with Gasteiger partial charge in [-0.05, 0) is 55.8 Å². The number of carbonyl (C=O) groups excluding carboxylic acids is 1. The third-order valence-electron chi connectivity index (χ3n) is 5.05. The topological polar surface area (TPSA) is 51.2 Å². The summed E-state index contributed by atoms with van der Waals surface area (Å²) in [6.07, 6.45) is 0. The van der Waals surface area contributed by atoms with E-state index in [4.69, 9.17) is 14.2 Å². The number of ether oxygens (including phenoxy) is 3. The Hall–Kier alpha value is -2.73. The molecular formula is C22H28N2O4. The third-order valence-corrected chi connectivity index (χ3v) is 5.05. The molecule has 2 aromatic carbocycles. The maximum Gasteiger partial charge on any atom is 0.241 e. The molecular weight excluding hydrogens is 356 g/mol. The molecule has 0 radical (unpaired) electrons. The molecule has 6 heteroatoms. The fourth-order valence-corrected chi connectivity index (χ4v) is 3.37. The van der Waals surface area contributed by atoms with Crippen LogP contribution in [-0.4, -0.2) is 57.3 Å². The van der Waals surface area contributed by atoms with Gasteiger partial charge in [-0.25, -0.2) is 0 Å². The third kappa shape index (κ3) is 4.57. The zero-order chi connectivity index (χ0) is 20.1. The van der Waals surface area contributed by atoms with E-state index in [1.165, 1.54) is 0 Å². The minimum atomic E-state index is 0.0937. The van der Waals surface area contributed by atoms with Crippen molar-refractivity contribution in [2.45, 2.75) is 19.9 Å². The quantitative estimate of drug-likeness (QED) is 0.734. The van der Waals surface area contributed by atoms with Crippen LogP contribution in [0.1, 0.15) is 12.5 Å². The molecule has 1 aliphatic heterocycles. The van der Waals surface area contributed by atoms with Gasteiger partial charge in [0.1, 0.15) is 12.4 Å². The largest absolute Gasteiger partial charge is 0.497 e. The van der Waals surface area contributed by atoms with Gasteiger partial charge < -0.3 is 19.1 Å². The van der Waals surface area contributed by atoms with E-state index in [1.807, 2.05) is 54.3 Å². The number of amides is 1. The molecule has 1 fully saturated rings. The predicted molar refractivity (Wildman–Crippen MR) is 110 cm³/mol. The average Bonchev–Trinajstić information content (AvgIpc) is 2.71. The summed E-state index contributed by atoms with van der Waals surface area (Å²) in [5.74, 6) is 2.33. The minimum Gasteiger partial charge on any atom is -0.497 e. The highest BCUT2D eigenvalue weighted by Crippen LogP contribution is 2.28. The second-order valence-electron chi connectivity index (χ2n) is 7.02. The zero-order valence-corrected chi connectivity index (χ0v) is 17.0. The van der Waals surface area contributed by atoms with Crippen LogP contribution < -0.4 is 19.1 Å². The summed E-state index contributed by atoms with van der Waals surface area (Å²) in [5.41, 5.74) is 2.02. The zero-order valence-electron chi connectivity index (χ0n) is 17.0. The number of hydrogen-bond acceptors (Lipinski definition) is 5. The van der Waals surface area contributed by atoms with Gasteiger partial charge in [-0.2, -0.15) is 0 Å². The fraction of sp³-hybridized carbons (Fsp3) is 0.409. The summed E-state index contributed by atoms with van der Waals surface area (Å²) in [7, 11) is 3.27. The van der Waals surface area contributed by atoms with Crippen molar-refractivity contribution in [1.29, 1.82) is 0 Å². The molecule has 2 aromatic rings. The molecule has 3 rings (SSSR count). The van der Waals surface area contributed by atoms with Gasteiger partial charge in [0.25, 0.3) is 0 Å². The Balaban J connectivity index is 1.56. The highest BCUT2D eigenvalue weighted by Gasteiger charge is 2.30. The van der Waals surface area contributed by atoms with Crippen LogP contribution in [0.2, 0.25) is 0 Å². The number of nitrogens with zero attached hydrogens (tertiary/aromatic N) is 2. The molecule has 0 aromatic heterocycles. The van der Waals surface area contributed by atoms with Crippen molar-refractivity contribution in [3.63, 3.8) is 0 Å². The van der Waals surface area contributed by atoms with E-state index in [1.54, 1.807) is 14.2 Å². The monoisotopic (exact) mass is 384 g/mol. The van der Waals surface area contributed by atoms with Crippen LogP contribution in [0.3, 0.4) is 0 Å². The first-order valence-corrected chi connectivity index (χ1v) is 9.47. The van der Waals surface area contributed by atoms with E-state index in [9.17, 15) is 4.79 Å². The molecule has 1 heterocycles. The van der Waals surface area contributed by atoms with Crippen LogP contribution in [-0.2, 0) is 4.79 Å². The minimum absolute atomic E-state index is 0.0937. The van der Waals surface area contributed by atoms with Crippen LogP contribution in [0.25, 0.3) is 0 Å². The fourth-order valence-electron chi connectivity index (χ4n) is 3.37. The molecule has 1 unspecified atom stereocenters. The molecule has 0 N–H and O–H groups in total. The van der Waals surface area contributed by atoms with Crippen molar-refractivity contribution in [2.75, 3.05) is 45.4 Å². The maximum atomic E-state index is 12.7. The van der Waals surface area contributed by atoms with Crippen LogP contribution in [0.5, 0.6) is 17.2 Å². The number of piperazine rings is 1. The maximum absolute atomic E-state index is 12.7. The molecule has 150 valence electrons. The van der Waals surface area contributed by atoms with Gasteiger partial charge in [-0.1, -0.05) is 6.07 Å². The van der Waals surface area contributed by atoms with E-state index in [-0.39, 0.29) is 11.9 Å². The molecule has 6 nitrogen and oxygen atoms in total. The number of methoxy groups -OCH3 is 2. The number of anilines is 1. The van der Waals surface area contributed by atoms with Gasteiger partial charge in [-0.15, -0.1) is 0 Å². The Bertz CT molecular complexity index is 807. The molecule has 0 bridgehead atoms. The Morgan fingerprint density at radius 2 is 1.79 bits per heavy atom. The molecule has 28 heavy (non-hydrogen) atoms. The van der Waals surface area contributed by atoms with Crippen molar-refractivity contribution >= 4 is 11.6 Å². The first-order chi connectivity index (χ1) is 13.5. The summed E-state index contributed by atoms with van der Waals surface area (Å²) in [6, 6.07) is 13.7. The first kappa shape index (κ1) is 20.0. The van der Waals surface area contributed by atoms with Crippen LogP contribution in [0, 0.1) is 6.92 Å². The van der Waals surface area contributed by atoms with E-state index < -0.39 is 0 Å². The molecule has 1 saturated heterocycles. The second kappa shape index (κ2) is 8.97. The summed E-state index contributed by atoms with van der Waals surface area (Å²) in [5, 5.41) is 0. The smallest absolute Gasteiger partial charge is 0.241 e. The van der Waals surface area contributed by atoms with Crippen molar-refractivity contribution in [3.8, 4) is 17.2 Å². The summed E-state index contributed by atoms with van der Waals surface area (Å²) >= 11 is 0. The highest BCUT2D eigenvalue weighted by molar-refractivity contribution is 5.95. The SMILES string of the molecule is COc1ccc(N2CC(C)N(CCOc3ccc(C)cc3OC)CC2=O)cc1. The van der Waals surface area contributed by atoms with E-state index in [0.717, 1.165) is 28.5 Å². The second-order valence-corrected chi connectivity index (χ2v) is 7.02. The van der Waals surface area contributed by atoms with Crippen molar-refractivity contribution in [3.05, 3.63) is 48.0 Å². The van der Waals surface area contributed by atoms with Gasteiger partial charge in [-0.3, -0.25) is 9.69 Å².